The fourth-order valence-electron chi connectivity index (χ4n) is 1.94. The highest BCUT2D eigenvalue weighted by Gasteiger charge is 2.31. The normalized spacial score (nSPS) is 28.1. The van der Waals surface area contributed by atoms with Crippen LogP contribution in [0, 0.1) is 0 Å². The Labute approximate surface area is 92.2 Å². The number of nitrogens with one attached hydrogen (secondary N) is 3. The summed E-state index contributed by atoms with van der Waals surface area (Å²) in [7, 11) is 0. The van der Waals surface area contributed by atoms with Crippen LogP contribution in [-0.2, 0) is 4.79 Å². The molecule has 0 aromatic carbocycles. The molecule has 3 N–H and O–H groups in total. The van der Waals surface area contributed by atoms with Gasteiger partial charge in [0.15, 0.2) is 0 Å². The minimum atomic E-state index is -0.128. The molecule has 0 spiro atoms. The average molecular weight is 213 g/mol. The van der Waals surface area contributed by atoms with Gasteiger partial charge in [0, 0.05) is 18.1 Å². The maximum Gasteiger partial charge on any atom is 0.237 e. The van der Waals surface area contributed by atoms with Gasteiger partial charge in [-0.15, -0.1) is 0 Å². The monoisotopic (exact) mass is 213 g/mol. The Kier molecular flexibility index (Phi) is 4.11. The lowest BCUT2D eigenvalue weighted by Gasteiger charge is -2.28. The molecule has 0 bridgehead atoms. The second-order valence-electron chi connectivity index (χ2n) is 5.02. The van der Waals surface area contributed by atoms with E-state index in [4.69, 9.17) is 0 Å². The van der Waals surface area contributed by atoms with E-state index in [1.807, 2.05) is 20.8 Å². The van der Waals surface area contributed by atoms with Gasteiger partial charge in [-0.25, -0.2) is 0 Å². The van der Waals surface area contributed by atoms with Gasteiger partial charge >= 0.3 is 0 Å². The Hall–Kier alpha value is -0.610. The highest BCUT2D eigenvalue weighted by atomic mass is 16.2. The molecule has 0 saturated carbocycles. The molecule has 1 rings (SSSR count). The van der Waals surface area contributed by atoms with E-state index in [1.165, 1.54) is 0 Å². The van der Waals surface area contributed by atoms with Crippen LogP contribution in [0.3, 0.4) is 0 Å². The number of carbonyl (C=O) groups excluding carboxylic acids is 1. The lowest BCUT2D eigenvalue weighted by Crippen LogP contribution is -2.54. The average Bonchev–Trinajstić information content (AvgIpc) is 2.50. The molecule has 1 aliphatic rings. The molecule has 4 nitrogen and oxygen atoms in total. The summed E-state index contributed by atoms with van der Waals surface area (Å²) in [6, 6.07) is 0.0774. The zero-order valence-electron chi connectivity index (χ0n) is 10.2. The Morgan fingerprint density at radius 1 is 1.40 bits per heavy atom. The van der Waals surface area contributed by atoms with E-state index in [0.717, 1.165) is 19.5 Å². The molecule has 15 heavy (non-hydrogen) atoms. The van der Waals surface area contributed by atoms with Crippen molar-refractivity contribution >= 4 is 5.91 Å². The van der Waals surface area contributed by atoms with Crippen molar-refractivity contribution in [3.63, 3.8) is 0 Å². The van der Waals surface area contributed by atoms with Gasteiger partial charge in [0.25, 0.3) is 0 Å². The van der Waals surface area contributed by atoms with E-state index in [9.17, 15) is 4.79 Å². The van der Waals surface area contributed by atoms with Crippen molar-refractivity contribution in [1.82, 2.24) is 16.0 Å². The van der Waals surface area contributed by atoms with E-state index >= 15 is 0 Å². The zero-order chi connectivity index (χ0) is 11.5. The topological polar surface area (TPSA) is 53.2 Å². The quantitative estimate of drug-likeness (QED) is 0.627. The maximum atomic E-state index is 11.7. The van der Waals surface area contributed by atoms with Crippen LogP contribution in [0.2, 0.25) is 0 Å². The molecule has 0 radical (unpaired) electrons. The van der Waals surface area contributed by atoms with Crippen molar-refractivity contribution in [2.75, 3.05) is 13.1 Å². The number of hydrogen-bond donors (Lipinski definition) is 3. The second kappa shape index (κ2) is 4.94. The fourth-order valence-corrected chi connectivity index (χ4v) is 1.94. The van der Waals surface area contributed by atoms with E-state index in [-0.39, 0.29) is 23.5 Å². The molecule has 0 aromatic rings. The lowest BCUT2D eigenvalue weighted by atomic mass is 10.0. The summed E-state index contributed by atoms with van der Waals surface area (Å²) in [5.41, 5.74) is 0.0632. The van der Waals surface area contributed by atoms with Gasteiger partial charge in [-0.05, 0) is 40.7 Å². The van der Waals surface area contributed by atoms with Gasteiger partial charge < -0.3 is 10.6 Å². The van der Waals surface area contributed by atoms with Gasteiger partial charge in [0.05, 0.1) is 6.04 Å². The Morgan fingerprint density at radius 3 is 2.53 bits per heavy atom. The van der Waals surface area contributed by atoms with E-state index in [2.05, 4.69) is 22.9 Å². The van der Waals surface area contributed by atoms with Crippen LogP contribution >= 0.6 is 0 Å². The van der Waals surface area contributed by atoms with Crippen molar-refractivity contribution in [2.24, 2.45) is 0 Å². The Morgan fingerprint density at radius 2 is 2.07 bits per heavy atom. The van der Waals surface area contributed by atoms with Crippen molar-refractivity contribution in [1.29, 1.82) is 0 Å². The smallest absolute Gasteiger partial charge is 0.237 e. The molecule has 2 unspecified atom stereocenters. The van der Waals surface area contributed by atoms with Crippen LogP contribution in [0.4, 0.5) is 0 Å². The molecule has 1 fully saturated rings. The first-order valence-electron chi connectivity index (χ1n) is 5.72. The van der Waals surface area contributed by atoms with Gasteiger partial charge in [0.1, 0.15) is 0 Å². The third-order valence-corrected chi connectivity index (χ3v) is 2.76. The number of hydrogen-bond acceptors (Lipinski definition) is 3. The summed E-state index contributed by atoms with van der Waals surface area (Å²) >= 11 is 0. The summed E-state index contributed by atoms with van der Waals surface area (Å²) in [5, 5.41) is 9.60. The predicted molar refractivity (Wildman–Crippen MR) is 61.8 cm³/mol. The molecule has 4 heteroatoms. The number of rotatable bonds is 4. The summed E-state index contributed by atoms with van der Waals surface area (Å²) < 4.78 is 0. The van der Waals surface area contributed by atoms with E-state index < -0.39 is 0 Å². The molecule has 2 atom stereocenters. The summed E-state index contributed by atoms with van der Waals surface area (Å²) in [4.78, 5) is 11.7. The minimum Gasteiger partial charge on any atom is -0.353 e. The van der Waals surface area contributed by atoms with Gasteiger partial charge in [-0.2, -0.15) is 0 Å². The molecule has 1 heterocycles. The minimum absolute atomic E-state index is 0.0632. The number of carbonyl (C=O) groups is 1. The lowest BCUT2D eigenvalue weighted by molar-refractivity contribution is -0.123. The van der Waals surface area contributed by atoms with Crippen LogP contribution in [0.15, 0.2) is 0 Å². The SMILES string of the molecule is CC(C)NC(=O)C(C)NC1(C)CCNC1. The van der Waals surface area contributed by atoms with E-state index in [1.54, 1.807) is 0 Å². The first kappa shape index (κ1) is 12.5. The second-order valence-corrected chi connectivity index (χ2v) is 5.02. The van der Waals surface area contributed by atoms with Crippen molar-refractivity contribution in [3.05, 3.63) is 0 Å². The Bertz CT molecular complexity index is 222. The van der Waals surface area contributed by atoms with Crippen LogP contribution < -0.4 is 16.0 Å². The third kappa shape index (κ3) is 3.80. The summed E-state index contributed by atoms with van der Waals surface area (Å²) in [6.45, 7) is 9.99. The van der Waals surface area contributed by atoms with Gasteiger partial charge in [0.2, 0.25) is 5.91 Å². The molecular formula is C11H23N3O. The number of amides is 1. The zero-order valence-corrected chi connectivity index (χ0v) is 10.2. The Balaban J connectivity index is 2.40. The van der Waals surface area contributed by atoms with Crippen LogP contribution in [-0.4, -0.2) is 36.6 Å². The van der Waals surface area contributed by atoms with E-state index in [0.29, 0.717) is 0 Å². The highest BCUT2D eigenvalue weighted by molar-refractivity contribution is 5.81. The first-order valence-corrected chi connectivity index (χ1v) is 5.72. The van der Waals surface area contributed by atoms with Crippen molar-refractivity contribution in [3.8, 4) is 0 Å². The van der Waals surface area contributed by atoms with Gasteiger partial charge in [-0.3, -0.25) is 10.1 Å². The molecule has 0 aliphatic carbocycles. The summed E-state index contributed by atoms with van der Waals surface area (Å²) in [5.74, 6) is 0.0816. The van der Waals surface area contributed by atoms with Gasteiger partial charge in [-0.1, -0.05) is 0 Å². The third-order valence-electron chi connectivity index (χ3n) is 2.76. The largest absolute Gasteiger partial charge is 0.353 e. The van der Waals surface area contributed by atoms with Crippen LogP contribution in [0.5, 0.6) is 0 Å². The first-order chi connectivity index (χ1) is 6.93. The fraction of sp³-hybridized carbons (Fsp3) is 0.909. The molecule has 1 saturated heterocycles. The van der Waals surface area contributed by atoms with Crippen molar-refractivity contribution in [2.45, 2.75) is 51.7 Å². The maximum absolute atomic E-state index is 11.7. The standard InChI is InChI=1S/C11H23N3O/c1-8(2)13-10(15)9(3)14-11(4)5-6-12-7-11/h8-9,12,14H,5-7H2,1-4H3,(H,13,15). The molecule has 88 valence electrons. The summed E-state index contributed by atoms with van der Waals surface area (Å²) in [6.07, 6.45) is 1.08. The van der Waals surface area contributed by atoms with Crippen LogP contribution in [0.1, 0.15) is 34.1 Å². The molecule has 0 aromatic heterocycles. The molecule has 1 aliphatic heterocycles. The molecular weight excluding hydrogens is 190 g/mol. The molecule has 1 amide bonds. The predicted octanol–water partition coefficient (Wildman–Crippen LogP) is 0.241. The van der Waals surface area contributed by atoms with Crippen LogP contribution in [0.25, 0.3) is 0 Å². The highest BCUT2D eigenvalue weighted by Crippen LogP contribution is 2.13. The van der Waals surface area contributed by atoms with Crippen molar-refractivity contribution < 1.29 is 4.79 Å².